The molecule has 0 aliphatic carbocycles. The lowest BCUT2D eigenvalue weighted by Crippen LogP contribution is -2.37. The maximum atomic E-state index is 12.3. The van der Waals surface area contributed by atoms with E-state index < -0.39 is 0 Å². The molecule has 1 unspecified atom stereocenters. The lowest BCUT2D eigenvalue weighted by atomic mass is 10.0. The van der Waals surface area contributed by atoms with Crippen LogP contribution in [0.5, 0.6) is 5.75 Å². The van der Waals surface area contributed by atoms with E-state index in [1.165, 1.54) is 5.39 Å². The minimum atomic E-state index is -0.0537. The maximum Gasteiger partial charge on any atom is 0.224 e. The summed E-state index contributed by atoms with van der Waals surface area (Å²) in [7, 11) is 0. The topological polar surface area (TPSA) is 38.3 Å². The molecule has 134 valence electrons. The van der Waals surface area contributed by atoms with Crippen LogP contribution in [0, 0.1) is 13.8 Å². The predicted octanol–water partition coefficient (Wildman–Crippen LogP) is 4.58. The number of benzene rings is 3. The summed E-state index contributed by atoms with van der Waals surface area (Å²) in [5.74, 6) is 0.918. The van der Waals surface area contributed by atoms with Crippen molar-refractivity contribution in [1.29, 1.82) is 0 Å². The van der Waals surface area contributed by atoms with Crippen LogP contribution in [0.1, 0.15) is 23.6 Å². The van der Waals surface area contributed by atoms with E-state index in [0.29, 0.717) is 13.0 Å². The van der Waals surface area contributed by atoms with Gasteiger partial charge in [-0.1, -0.05) is 60.7 Å². The number of carbonyl (C=O) groups excluding carboxylic acids is 1. The highest BCUT2D eigenvalue weighted by Gasteiger charge is 2.11. The number of carbonyl (C=O) groups is 1. The molecule has 3 aromatic rings. The molecule has 3 nitrogen and oxygen atoms in total. The number of ether oxygens (including phenoxy) is 1. The van der Waals surface area contributed by atoms with E-state index in [-0.39, 0.29) is 11.9 Å². The van der Waals surface area contributed by atoms with Crippen LogP contribution in [-0.2, 0) is 11.2 Å². The predicted molar refractivity (Wildman–Crippen MR) is 107 cm³/mol. The summed E-state index contributed by atoms with van der Waals surface area (Å²) < 4.78 is 5.92. The zero-order valence-electron chi connectivity index (χ0n) is 15.6. The molecule has 1 amide bonds. The fourth-order valence-corrected chi connectivity index (χ4v) is 3.14. The minimum Gasteiger partial charge on any atom is -0.491 e. The van der Waals surface area contributed by atoms with Crippen molar-refractivity contribution in [2.24, 2.45) is 0 Å². The lowest BCUT2D eigenvalue weighted by molar-refractivity contribution is -0.121. The molecule has 3 heteroatoms. The smallest absolute Gasteiger partial charge is 0.224 e. The van der Waals surface area contributed by atoms with Crippen LogP contribution in [-0.4, -0.2) is 18.6 Å². The average molecular weight is 347 g/mol. The first-order valence-electron chi connectivity index (χ1n) is 8.99. The number of para-hydroxylation sites is 1. The third-order valence-electron chi connectivity index (χ3n) is 4.47. The van der Waals surface area contributed by atoms with Crippen LogP contribution in [0.25, 0.3) is 10.8 Å². The normalized spacial score (nSPS) is 12.0. The van der Waals surface area contributed by atoms with E-state index in [2.05, 4.69) is 29.6 Å². The van der Waals surface area contributed by atoms with Crippen molar-refractivity contribution in [2.75, 3.05) is 6.61 Å². The molecular formula is C23H25NO2. The van der Waals surface area contributed by atoms with E-state index in [0.717, 1.165) is 27.8 Å². The molecule has 0 saturated heterocycles. The number of amides is 1. The van der Waals surface area contributed by atoms with Crippen LogP contribution in [0.3, 0.4) is 0 Å². The Morgan fingerprint density at radius 2 is 1.65 bits per heavy atom. The summed E-state index contributed by atoms with van der Waals surface area (Å²) in [6, 6.07) is 20.4. The Labute approximate surface area is 155 Å². The molecule has 3 rings (SSSR count). The molecule has 0 saturated carbocycles. The van der Waals surface area contributed by atoms with Gasteiger partial charge >= 0.3 is 0 Å². The number of hydrogen-bond donors (Lipinski definition) is 1. The van der Waals surface area contributed by atoms with E-state index in [1.54, 1.807) is 0 Å². The first-order valence-corrected chi connectivity index (χ1v) is 8.99. The Morgan fingerprint density at radius 1 is 0.962 bits per heavy atom. The fraction of sp³-hybridized carbons (Fsp3) is 0.261. The third-order valence-corrected chi connectivity index (χ3v) is 4.47. The van der Waals surface area contributed by atoms with Crippen LogP contribution in [0.2, 0.25) is 0 Å². The Hall–Kier alpha value is -2.81. The standard InChI is InChI=1S/C23H25NO2/c1-16-7-6-8-17(2)23(16)26-15-18(3)24-22(25)14-19-11-12-20-9-4-5-10-21(20)13-19/h4-13,18H,14-15H2,1-3H3,(H,24,25). The lowest BCUT2D eigenvalue weighted by Gasteiger charge is -2.17. The highest BCUT2D eigenvalue weighted by molar-refractivity contribution is 5.85. The molecule has 0 bridgehead atoms. The van der Waals surface area contributed by atoms with Gasteiger partial charge in [-0.2, -0.15) is 0 Å². The van der Waals surface area contributed by atoms with Crippen LogP contribution >= 0.6 is 0 Å². The summed E-state index contributed by atoms with van der Waals surface area (Å²) in [6.45, 7) is 6.48. The van der Waals surface area contributed by atoms with Crippen molar-refractivity contribution >= 4 is 16.7 Å². The van der Waals surface area contributed by atoms with Gasteiger partial charge in [-0.25, -0.2) is 0 Å². The van der Waals surface area contributed by atoms with Gasteiger partial charge in [0, 0.05) is 0 Å². The van der Waals surface area contributed by atoms with Gasteiger partial charge in [0.15, 0.2) is 0 Å². The summed E-state index contributed by atoms with van der Waals surface area (Å²) >= 11 is 0. The number of fused-ring (bicyclic) bond motifs is 1. The van der Waals surface area contributed by atoms with E-state index in [4.69, 9.17) is 4.74 Å². The molecule has 26 heavy (non-hydrogen) atoms. The largest absolute Gasteiger partial charge is 0.491 e. The first kappa shape index (κ1) is 18.0. The van der Waals surface area contributed by atoms with Gasteiger partial charge in [0.1, 0.15) is 12.4 Å². The average Bonchev–Trinajstić information content (AvgIpc) is 2.61. The molecule has 0 radical (unpaired) electrons. The summed E-state index contributed by atoms with van der Waals surface area (Å²) in [6.07, 6.45) is 0.374. The summed E-state index contributed by atoms with van der Waals surface area (Å²) in [5.41, 5.74) is 3.24. The Morgan fingerprint density at radius 3 is 2.38 bits per heavy atom. The molecule has 0 fully saturated rings. The second-order valence-electron chi connectivity index (χ2n) is 6.86. The summed E-state index contributed by atoms with van der Waals surface area (Å²) in [5, 5.41) is 5.37. The van der Waals surface area contributed by atoms with Crippen molar-refractivity contribution in [3.8, 4) is 5.75 Å². The zero-order valence-corrected chi connectivity index (χ0v) is 15.6. The molecule has 1 atom stereocenters. The molecule has 3 aromatic carbocycles. The van der Waals surface area contributed by atoms with E-state index >= 15 is 0 Å². The molecule has 0 aliphatic rings. The van der Waals surface area contributed by atoms with Crippen molar-refractivity contribution in [3.05, 3.63) is 77.4 Å². The number of rotatable bonds is 6. The van der Waals surface area contributed by atoms with Gasteiger partial charge < -0.3 is 10.1 Å². The third kappa shape index (κ3) is 4.42. The van der Waals surface area contributed by atoms with Gasteiger partial charge in [-0.3, -0.25) is 4.79 Å². The maximum absolute atomic E-state index is 12.3. The monoisotopic (exact) mass is 347 g/mol. The number of aryl methyl sites for hydroxylation is 2. The highest BCUT2D eigenvalue weighted by atomic mass is 16.5. The summed E-state index contributed by atoms with van der Waals surface area (Å²) in [4.78, 5) is 12.3. The van der Waals surface area contributed by atoms with Gasteiger partial charge in [-0.15, -0.1) is 0 Å². The number of hydrogen-bond acceptors (Lipinski definition) is 2. The fourth-order valence-electron chi connectivity index (χ4n) is 3.14. The first-order chi connectivity index (χ1) is 12.5. The molecular weight excluding hydrogens is 322 g/mol. The van der Waals surface area contributed by atoms with E-state index in [1.807, 2.05) is 57.2 Å². The second kappa shape index (κ2) is 8.05. The molecule has 0 heterocycles. The van der Waals surface area contributed by atoms with Crippen LogP contribution < -0.4 is 10.1 Å². The zero-order chi connectivity index (χ0) is 18.5. The molecule has 0 spiro atoms. The van der Waals surface area contributed by atoms with Gasteiger partial charge in [0.05, 0.1) is 12.5 Å². The Balaban J connectivity index is 1.55. The highest BCUT2D eigenvalue weighted by Crippen LogP contribution is 2.22. The number of nitrogens with one attached hydrogen (secondary N) is 1. The molecule has 0 aliphatic heterocycles. The van der Waals surface area contributed by atoms with Crippen molar-refractivity contribution in [3.63, 3.8) is 0 Å². The SMILES string of the molecule is Cc1cccc(C)c1OCC(C)NC(=O)Cc1ccc2ccccc2c1. The minimum absolute atomic E-state index is 0.0119. The van der Waals surface area contributed by atoms with Gasteiger partial charge in [0.2, 0.25) is 5.91 Å². The van der Waals surface area contributed by atoms with Crippen molar-refractivity contribution in [2.45, 2.75) is 33.2 Å². The van der Waals surface area contributed by atoms with Crippen LogP contribution in [0.15, 0.2) is 60.7 Å². The molecule has 1 N–H and O–H groups in total. The van der Waals surface area contributed by atoms with Gasteiger partial charge in [-0.05, 0) is 48.2 Å². The van der Waals surface area contributed by atoms with Crippen LogP contribution in [0.4, 0.5) is 0 Å². The Kier molecular flexibility index (Phi) is 5.57. The second-order valence-corrected chi connectivity index (χ2v) is 6.86. The molecule has 0 aromatic heterocycles. The van der Waals surface area contributed by atoms with Crippen molar-refractivity contribution < 1.29 is 9.53 Å². The van der Waals surface area contributed by atoms with E-state index in [9.17, 15) is 4.79 Å². The van der Waals surface area contributed by atoms with Crippen molar-refractivity contribution in [1.82, 2.24) is 5.32 Å². The van der Waals surface area contributed by atoms with Gasteiger partial charge in [0.25, 0.3) is 0 Å². The Bertz CT molecular complexity index is 897. The quantitative estimate of drug-likeness (QED) is 0.709.